The van der Waals surface area contributed by atoms with E-state index >= 15 is 0 Å². The molecule has 1 aromatic heterocycles. The highest BCUT2D eigenvalue weighted by atomic mass is 79.9. The minimum atomic E-state index is -0.0587. The molecule has 0 bridgehead atoms. The van der Waals surface area contributed by atoms with Gasteiger partial charge in [0.15, 0.2) is 12.4 Å². The van der Waals surface area contributed by atoms with Crippen LogP contribution in [0.2, 0.25) is 10.0 Å². The predicted octanol–water partition coefficient (Wildman–Crippen LogP) is 4.95. The van der Waals surface area contributed by atoms with Crippen LogP contribution in [0.25, 0.3) is 0 Å². The number of hydrogen-bond acceptors (Lipinski definition) is 4. The number of carbonyl (C=O) groups excluding carboxylic acids is 1. The summed E-state index contributed by atoms with van der Waals surface area (Å²) in [6.45, 7) is 3.91. The fraction of sp³-hybridized carbons (Fsp3) is 0.273. The highest BCUT2D eigenvalue weighted by Crippen LogP contribution is 2.23. The van der Waals surface area contributed by atoms with Crippen LogP contribution >= 0.6 is 39.1 Å². The van der Waals surface area contributed by atoms with E-state index in [4.69, 9.17) is 27.9 Å². The molecule has 0 saturated carbocycles. The predicted molar refractivity (Wildman–Crippen MR) is 125 cm³/mol. The van der Waals surface area contributed by atoms with Gasteiger partial charge in [-0.3, -0.25) is 9.69 Å². The molecule has 31 heavy (non-hydrogen) atoms. The van der Waals surface area contributed by atoms with Gasteiger partial charge in [-0.05, 0) is 48.0 Å². The quantitative estimate of drug-likeness (QED) is 0.459. The molecular weight excluding hydrogens is 503 g/mol. The van der Waals surface area contributed by atoms with E-state index in [1.807, 2.05) is 47.4 Å². The Morgan fingerprint density at radius 2 is 1.74 bits per heavy atom. The third-order valence-corrected chi connectivity index (χ3v) is 6.35. The van der Waals surface area contributed by atoms with Crippen molar-refractivity contribution in [1.29, 1.82) is 0 Å². The highest BCUT2D eigenvalue weighted by Gasteiger charge is 2.23. The zero-order valence-electron chi connectivity index (χ0n) is 16.7. The third kappa shape index (κ3) is 5.80. The minimum absolute atomic E-state index is 0.0587. The lowest BCUT2D eigenvalue weighted by atomic mass is 10.2. The first kappa shape index (κ1) is 22.1. The Morgan fingerprint density at radius 1 is 1.00 bits per heavy atom. The van der Waals surface area contributed by atoms with Gasteiger partial charge < -0.3 is 9.64 Å². The van der Waals surface area contributed by atoms with Crippen LogP contribution in [0.3, 0.4) is 0 Å². The summed E-state index contributed by atoms with van der Waals surface area (Å²) in [7, 11) is 0. The van der Waals surface area contributed by atoms with E-state index in [0.29, 0.717) is 28.8 Å². The van der Waals surface area contributed by atoms with Crippen molar-refractivity contribution < 1.29 is 9.53 Å². The summed E-state index contributed by atoms with van der Waals surface area (Å²) in [5.41, 5.74) is 1.54. The number of nitrogens with zero attached hydrogens (tertiary/aromatic N) is 4. The van der Waals surface area contributed by atoms with Gasteiger partial charge in [0.25, 0.3) is 5.91 Å². The number of benzene rings is 2. The van der Waals surface area contributed by atoms with Gasteiger partial charge in [0.2, 0.25) is 0 Å². The Bertz CT molecular complexity index is 1050. The lowest BCUT2D eigenvalue weighted by Gasteiger charge is -2.34. The van der Waals surface area contributed by atoms with Gasteiger partial charge in [0.1, 0.15) is 5.75 Å². The molecule has 4 rings (SSSR count). The Morgan fingerprint density at radius 3 is 2.45 bits per heavy atom. The van der Waals surface area contributed by atoms with E-state index < -0.39 is 0 Å². The zero-order valence-corrected chi connectivity index (χ0v) is 19.8. The molecule has 0 radical (unpaired) electrons. The second-order valence-electron chi connectivity index (χ2n) is 7.28. The van der Waals surface area contributed by atoms with Crippen LogP contribution in [0.15, 0.2) is 59.2 Å². The maximum atomic E-state index is 12.8. The normalized spacial score (nSPS) is 14.6. The van der Waals surface area contributed by atoms with Crippen LogP contribution in [0.1, 0.15) is 16.1 Å². The molecule has 1 amide bonds. The largest absolute Gasteiger partial charge is 0.471 e. The maximum Gasteiger partial charge on any atom is 0.274 e. The van der Waals surface area contributed by atoms with Gasteiger partial charge in [-0.15, -0.1) is 0 Å². The van der Waals surface area contributed by atoms with Crippen molar-refractivity contribution >= 4 is 45.0 Å². The molecule has 1 fully saturated rings. The molecule has 162 valence electrons. The molecule has 0 aliphatic carbocycles. The van der Waals surface area contributed by atoms with E-state index in [0.717, 1.165) is 35.4 Å². The molecular formula is C22H21BrCl2N4O2. The fourth-order valence-electron chi connectivity index (χ4n) is 3.39. The van der Waals surface area contributed by atoms with Crippen LogP contribution in [0, 0.1) is 0 Å². The van der Waals surface area contributed by atoms with Crippen molar-refractivity contribution in [3.8, 4) is 5.75 Å². The molecule has 3 aromatic rings. The van der Waals surface area contributed by atoms with E-state index in [2.05, 4.69) is 25.9 Å². The Kier molecular flexibility index (Phi) is 7.17. The van der Waals surface area contributed by atoms with Gasteiger partial charge in [0.05, 0.1) is 10.0 Å². The maximum absolute atomic E-state index is 12.8. The molecule has 9 heteroatoms. The number of carbonyl (C=O) groups is 1. The van der Waals surface area contributed by atoms with Crippen molar-refractivity contribution in [2.24, 2.45) is 0 Å². The van der Waals surface area contributed by atoms with E-state index in [9.17, 15) is 4.79 Å². The average Bonchev–Trinajstić information content (AvgIpc) is 3.25. The smallest absolute Gasteiger partial charge is 0.274 e. The molecule has 0 atom stereocenters. The second kappa shape index (κ2) is 10.0. The lowest BCUT2D eigenvalue weighted by molar-refractivity contribution is 0.0621. The summed E-state index contributed by atoms with van der Waals surface area (Å²) in [6, 6.07) is 15.0. The topological polar surface area (TPSA) is 50.6 Å². The molecule has 1 aliphatic rings. The Balaban J connectivity index is 1.27. The van der Waals surface area contributed by atoms with Gasteiger partial charge in [-0.25, -0.2) is 4.68 Å². The van der Waals surface area contributed by atoms with Gasteiger partial charge in [0, 0.05) is 43.4 Å². The van der Waals surface area contributed by atoms with Crippen LogP contribution in [0.4, 0.5) is 0 Å². The van der Waals surface area contributed by atoms with Crippen molar-refractivity contribution in [2.45, 2.75) is 13.3 Å². The molecule has 0 unspecified atom stereocenters. The second-order valence-corrected chi connectivity index (χ2v) is 9.01. The zero-order chi connectivity index (χ0) is 21.8. The van der Waals surface area contributed by atoms with Gasteiger partial charge >= 0.3 is 0 Å². The lowest BCUT2D eigenvalue weighted by Crippen LogP contribution is -2.48. The van der Waals surface area contributed by atoms with Crippen LogP contribution in [-0.4, -0.2) is 51.7 Å². The molecule has 0 spiro atoms. The Labute approximate surface area is 199 Å². The summed E-state index contributed by atoms with van der Waals surface area (Å²) in [5.74, 6) is 0.682. The van der Waals surface area contributed by atoms with Crippen LogP contribution in [0.5, 0.6) is 5.75 Å². The van der Waals surface area contributed by atoms with Gasteiger partial charge in [-0.1, -0.05) is 45.2 Å². The van der Waals surface area contributed by atoms with E-state index in [1.54, 1.807) is 16.9 Å². The number of ether oxygens (including phenoxy) is 1. The molecule has 2 heterocycles. The Hall–Kier alpha value is -2.06. The van der Waals surface area contributed by atoms with Crippen molar-refractivity contribution in [3.05, 3.63) is 80.5 Å². The minimum Gasteiger partial charge on any atom is -0.471 e. The first-order chi connectivity index (χ1) is 15.0. The number of piperazine rings is 1. The molecule has 1 saturated heterocycles. The number of amides is 1. The summed E-state index contributed by atoms with van der Waals surface area (Å²) in [6.07, 6.45) is 1.76. The summed E-state index contributed by atoms with van der Waals surface area (Å²) >= 11 is 15.5. The molecule has 0 N–H and O–H groups in total. The van der Waals surface area contributed by atoms with Crippen LogP contribution in [-0.2, 0) is 13.3 Å². The number of halogens is 3. The summed E-state index contributed by atoms with van der Waals surface area (Å²) in [4.78, 5) is 17.0. The van der Waals surface area contributed by atoms with Gasteiger partial charge in [-0.2, -0.15) is 5.10 Å². The number of rotatable bonds is 6. The molecule has 1 aliphatic heterocycles. The SMILES string of the molecule is O=C(c1ccn(COc2ccc(Br)cc2)n1)N1CCN(Cc2ccc(Cl)c(Cl)c2)CC1. The van der Waals surface area contributed by atoms with E-state index in [-0.39, 0.29) is 12.6 Å². The van der Waals surface area contributed by atoms with E-state index in [1.165, 1.54) is 0 Å². The summed E-state index contributed by atoms with van der Waals surface area (Å²) < 4.78 is 8.31. The van der Waals surface area contributed by atoms with Crippen molar-refractivity contribution in [2.75, 3.05) is 26.2 Å². The molecule has 6 nitrogen and oxygen atoms in total. The first-order valence-electron chi connectivity index (χ1n) is 9.85. The first-order valence-corrected chi connectivity index (χ1v) is 11.4. The monoisotopic (exact) mass is 522 g/mol. The van der Waals surface area contributed by atoms with Crippen molar-refractivity contribution in [3.63, 3.8) is 0 Å². The number of hydrogen-bond donors (Lipinski definition) is 0. The standard InChI is InChI=1S/C22H21BrCl2N4O2/c23-17-2-4-18(5-3-17)31-15-29-8-7-21(26-29)22(30)28-11-9-27(10-12-28)14-16-1-6-19(24)20(25)13-16/h1-8,13H,9-12,14-15H2. The van der Waals surface area contributed by atoms with Crippen molar-refractivity contribution in [1.82, 2.24) is 19.6 Å². The number of aromatic nitrogens is 2. The highest BCUT2D eigenvalue weighted by molar-refractivity contribution is 9.10. The third-order valence-electron chi connectivity index (χ3n) is 5.09. The average molecular weight is 524 g/mol. The summed E-state index contributed by atoms with van der Waals surface area (Å²) in [5, 5.41) is 5.49. The molecule has 2 aromatic carbocycles. The van der Waals surface area contributed by atoms with Crippen LogP contribution < -0.4 is 4.74 Å². The fourth-order valence-corrected chi connectivity index (χ4v) is 3.97.